The Kier molecular flexibility index (Phi) is 8.43. The smallest absolute Gasteiger partial charge is 0.341 e. The van der Waals surface area contributed by atoms with E-state index < -0.39 is 17.8 Å². The van der Waals surface area contributed by atoms with Crippen LogP contribution in [0, 0.1) is 13.8 Å². The molecule has 34 heavy (non-hydrogen) atoms. The number of methoxy groups -OCH3 is 1. The average molecular weight is 542 g/mol. The van der Waals surface area contributed by atoms with E-state index in [0.29, 0.717) is 21.3 Å². The highest BCUT2D eigenvalue weighted by molar-refractivity contribution is 7.19. The van der Waals surface area contributed by atoms with Crippen molar-refractivity contribution in [1.29, 1.82) is 0 Å². The third-order valence-electron chi connectivity index (χ3n) is 4.68. The van der Waals surface area contributed by atoms with Crippen molar-refractivity contribution in [2.45, 2.75) is 13.8 Å². The van der Waals surface area contributed by atoms with Gasteiger partial charge in [0.25, 0.3) is 11.8 Å². The first-order chi connectivity index (χ1) is 16.1. The second kappa shape index (κ2) is 11.1. The zero-order chi connectivity index (χ0) is 25.0. The Hall–Kier alpha value is -2.78. The molecule has 0 aliphatic rings. The highest BCUT2D eigenvalue weighted by atomic mass is 35.5. The lowest BCUT2D eigenvalue weighted by Crippen LogP contribution is -2.21. The molecule has 0 aliphatic heterocycles. The number of esters is 1. The first-order valence-corrected chi connectivity index (χ1v) is 11.7. The minimum absolute atomic E-state index is 0.0810. The van der Waals surface area contributed by atoms with E-state index in [4.69, 9.17) is 44.3 Å². The first kappa shape index (κ1) is 25.8. The lowest BCUT2D eigenvalue weighted by atomic mass is 10.1. The van der Waals surface area contributed by atoms with Crippen LogP contribution in [0.1, 0.15) is 31.2 Å². The van der Waals surface area contributed by atoms with Gasteiger partial charge in [-0.15, -0.1) is 11.3 Å². The van der Waals surface area contributed by atoms with Crippen molar-refractivity contribution in [3.05, 3.63) is 73.0 Å². The first-order valence-electron chi connectivity index (χ1n) is 9.77. The number of aryl methyl sites for hydroxylation is 1. The van der Waals surface area contributed by atoms with Crippen molar-refractivity contribution in [1.82, 2.24) is 0 Å². The molecule has 3 rings (SSSR count). The highest BCUT2D eigenvalue weighted by Gasteiger charge is 2.26. The molecule has 178 valence electrons. The summed E-state index contributed by atoms with van der Waals surface area (Å²) in [7, 11) is 1.21. The van der Waals surface area contributed by atoms with Crippen LogP contribution in [0.4, 0.5) is 10.7 Å². The second-order valence-corrected chi connectivity index (χ2v) is 9.35. The fraction of sp³-hybridized carbons (Fsp3) is 0.174. The van der Waals surface area contributed by atoms with Gasteiger partial charge in [0.2, 0.25) is 0 Å². The van der Waals surface area contributed by atoms with Crippen LogP contribution in [0.25, 0.3) is 0 Å². The Morgan fingerprint density at radius 2 is 1.71 bits per heavy atom. The Bertz CT molecular complexity index is 1280. The topological polar surface area (TPSA) is 93.7 Å². The summed E-state index contributed by atoms with van der Waals surface area (Å²) < 4.78 is 10.3. The molecule has 2 amide bonds. The third kappa shape index (κ3) is 6.01. The van der Waals surface area contributed by atoms with Gasteiger partial charge < -0.3 is 20.1 Å². The number of hydrogen-bond acceptors (Lipinski definition) is 6. The van der Waals surface area contributed by atoms with Gasteiger partial charge in [0.15, 0.2) is 6.61 Å². The SMILES string of the molecule is COC(=O)c1c(NC(=O)COc2ccc(Cl)cc2Cl)sc(C(=O)Nc2ccc(C)c(Cl)c2)c1C. The maximum absolute atomic E-state index is 12.9. The number of amides is 2. The number of carbonyl (C=O) groups is 3. The van der Waals surface area contributed by atoms with Gasteiger partial charge in [-0.1, -0.05) is 40.9 Å². The molecule has 0 unspecified atom stereocenters. The zero-order valence-electron chi connectivity index (χ0n) is 18.3. The molecule has 3 aromatic rings. The van der Waals surface area contributed by atoms with Crippen molar-refractivity contribution in [3.63, 3.8) is 0 Å². The Labute approximate surface area is 214 Å². The lowest BCUT2D eigenvalue weighted by molar-refractivity contribution is -0.118. The van der Waals surface area contributed by atoms with E-state index in [9.17, 15) is 14.4 Å². The van der Waals surface area contributed by atoms with Crippen LogP contribution in [0.15, 0.2) is 36.4 Å². The maximum Gasteiger partial charge on any atom is 0.341 e. The van der Waals surface area contributed by atoms with Gasteiger partial charge in [-0.2, -0.15) is 0 Å². The molecule has 0 saturated carbocycles. The summed E-state index contributed by atoms with van der Waals surface area (Å²) in [6.45, 7) is 3.06. The minimum atomic E-state index is -0.692. The van der Waals surface area contributed by atoms with Gasteiger partial charge in [-0.25, -0.2) is 4.79 Å². The molecular weight excluding hydrogens is 523 g/mol. The van der Waals surface area contributed by atoms with E-state index in [1.807, 2.05) is 6.92 Å². The quantitative estimate of drug-likeness (QED) is 0.338. The van der Waals surface area contributed by atoms with Crippen molar-refractivity contribution in [2.24, 2.45) is 0 Å². The number of ether oxygens (including phenoxy) is 2. The predicted molar refractivity (Wildman–Crippen MR) is 135 cm³/mol. The molecule has 0 fully saturated rings. The number of rotatable bonds is 7. The van der Waals surface area contributed by atoms with Gasteiger partial charge in [0.1, 0.15) is 10.8 Å². The maximum atomic E-state index is 12.9. The second-order valence-electron chi connectivity index (χ2n) is 7.08. The fourth-order valence-corrected chi connectivity index (χ4v) is 4.67. The van der Waals surface area contributed by atoms with Gasteiger partial charge in [-0.3, -0.25) is 9.59 Å². The average Bonchev–Trinajstić information content (AvgIpc) is 3.10. The molecule has 2 N–H and O–H groups in total. The van der Waals surface area contributed by atoms with Crippen LogP contribution < -0.4 is 15.4 Å². The number of halogens is 3. The van der Waals surface area contributed by atoms with Crippen LogP contribution in [0.3, 0.4) is 0 Å². The van der Waals surface area contributed by atoms with Crippen LogP contribution in [-0.4, -0.2) is 31.5 Å². The summed E-state index contributed by atoms with van der Waals surface area (Å²) in [5.74, 6) is -1.44. The van der Waals surface area contributed by atoms with E-state index in [-0.39, 0.29) is 32.8 Å². The largest absolute Gasteiger partial charge is 0.482 e. The van der Waals surface area contributed by atoms with E-state index >= 15 is 0 Å². The molecule has 1 heterocycles. The lowest BCUT2D eigenvalue weighted by Gasteiger charge is -2.09. The summed E-state index contributed by atoms with van der Waals surface area (Å²) in [6.07, 6.45) is 0. The molecule has 0 radical (unpaired) electrons. The van der Waals surface area contributed by atoms with Gasteiger partial charge in [0, 0.05) is 15.7 Å². The summed E-state index contributed by atoms with van der Waals surface area (Å²) in [5, 5.41) is 6.69. The van der Waals surface area contributed by atoms with E-state index in [1.54, 1.807) is 31.2 Å². The molecule has 0 saturated heterocycles. The standard InChI is InChI=1S/C23H19Cl3N2O5S/c1-11-4-6-14(9-15(11)25)27-21(30)20-12(2)19(23(31)32-3)22(34-20)28-18(29)10-33-17-7-5-13(24)8-16(17)26/h4-9H,10H2,1-3H3,(H,27,30)(H,28,29). The third-order valence-corrected chi connectivity index (χ3v) is 6.82. The molecule has 11 heteroatoms. The van der Waals surface area contributed by atoms with Crippen molar-refractivity contribution >= 4 is 74.6 Å². The van der Waals surface area contributed by atoms with Gasteiger partial charge in [-0.05, 0) is 55.3 Å². The van der Waals surface area contributed by atoms with Crippen molar-refractivity contribution in [2.75, 3.05) is 24.4 Å². The minimum Gasteiger partial charge on any atom is -0.482 e. The van der Waals surface area contributed by atoms with E-state index in [1.165, 1.54) is 19.2 Å². The number of anilines is 2. The van der Waals surface area contributed by atoms with Crippen LogP contribution >= 0.6 is 46.1 Å². The monoisotopic (exact) mass is 540 g/mol. The molecular formula is C23H19Cl3N2O5S. The van der Waals surface area contributed by atoms with Gasteiger partial charge >= 0.3 is 5.97 Å². The Morgan fingerprint density at radius 3 is 2.35 bits per heavy atom. The summed E-state index contributed by atoms with van der Waals surface area (Å²) in [6, 6.07) is 9.71. The summed E-state index contributed by atoms with van der Waals surface area (Å²) in [4.78, 5) is 38.0. The number of hydrogen-bond donors (Lipinski definition) is 2. The zero-order valence-corrected chi connectivity index (χ0v) is 21.3. The molecule has 1 aromatic heterocycles. The number of nitrogens with one attached hydrogen (secondary N) is 2. The van der Waals surface area contributed by atoms with Gasteiger partial charge in [0.05, 0.1) is 22.6 Å². The molecule has 2 aromatic carbocycles. The normalized spacial score (nSPS) is 10.5. The fourth-order valence-electron chi connectivity index (χ4n) is 2.92. The van der Waals surface area contributed by atoms with E-state index in [0.717, 1.165) is 16.9 Å². The Balaban J connectivity index is 1.80. The van der Waals surface area contributed by atoms with E-state index in [2.05, 4.69) is 10.6 Å². The van der Waals surface area contributed by atoms with Crippen molar-refractivity contribution in [3.8, 4) is 5.75 Å². The highest BCUT2D eigenvalue weighted by Crippen LogP contribution is 2.35. The molecule has 0 spiro atoms. The molecule has 0 bridgehead atoms. The number of carbonyl (C=O) groups excluding carboxylic acids is 3. The Morgan fingerprint density at radius 1 is 0.971 bits per heavy atom. The van der Waals surface area contributed by atoms with Crippen molar-refractivity contribution < 1.29 is 23.9 Å². The number of benzene rings is 2. The molecule has 0 atom stereocenters. The predicted octanol–water partition coefficient (Wildman–Crippen LogP) is 6.38. The van der Waals surface area contributed by atoms with Crippen LogP contribution in [0.5, 0.6) is 5.75 Å². The van der Waals surface area contributed by atoms with Crippen LogP contribution in [-0.2, 0) is 9.53 Å². The number of thiophene rings is 1. The van der Waals surface area contributed by atoms with Crippen LogP contribution in [0.2, 0.25) is 15.1 Å². The molecule has 0 aliphatic carbocycles. The summed E-state index contributed by atoms with van der Waals surface area (Å²) in [5.41, 5.74) is 1.81. The molecule has 7 nitrogen and oxygen atoms in total. The summed E-state index contributed by atoms with van der Waals surface area (Å²) >= 11 is 19.0.